The van der Waals surface area contributed by atoms with Crippen LogP contribution in [-0.2, 0) is 9.84 Å². The Balaban J connectivity index is 1.47. The number of pyridine rings is 2. The van der Waals surface area contributed by atoms with E-state index in [-0.39, 0.29) is 10.7 Å². The topological polar surface area (TPSA) is 113 Å². The molecule has 2 N–H and O–H groups in total. The van der Waals surface area contributed by atoms with Crippen LogP contribution in [0.4, 0.5) is 23.3 Å². The predicted octanol–water partition coefficient (Wildman–Crippen LogP) is 3.31. The van der Waals surface area contributed by atoms with Gasteiger partial charge in [0.15, 0.2) is 9.84 Å². The van der Waals surface area contributed by atoms with Gasteiger partial charge >= 0.3 is 0 Å². The van der Waals surface area contributed by atoms with Crippen LogP contribution in [0.15, 0.2) is 53.9 Å². The van der Waals surface area contributed by atoms with Crippen molar-refractivity contribution in [1.82, 2.24) is 24.8 Å². The lowest BCUT2D eigenvalue weighted by Gasteiger charge is -2.23. The molecule has 0 saturated carbocycles. The van der Waals surface area contributed by atoms with Crippen LogP contribution in [0.25, 0.3) is 0 Å². The largest absolute Gasteiger partial charge is 0.325 e. The summed E-state index contributed by atoms with van der Waals surface area (Å²) < 4.78 is 24.0. The molecule has 10 heteroatoms. The van der Waals surface area contributed by atoms with Crippen molar-refractivity contribution in [1.29, 1.82) is 0 Å². The Hall–Kier alpha value is -3.11. The third-order valence-corrected chi connectivity index (χ3v) is 6.43. The first-order chi connectivity index (χ1) is 14.9. The van der Waals surface area contributed by atoms with Crippen molar-refractivity contribution in [2.75, 3.05) is 30.0 Å². The number of likely N-dealkylation sites (tertiary alicyclic amines) is 1. The van der Waals surface area contributed by atoms with E-state index in [1.165, 1.54) is 37.0 Å². The Morgan fingerprint density at radius 2 is 1.71 bits per heavy atom. The van der Waals surface area contributed by atoms with Crippen molar-refractivity contribution in [3.8, 4) is 0 Å². The van der Waals surface area contributed by atoms with E-state index in [0.717, 1.165) is 19.3 Å². The minimum absolute atomic E-state index is 0.104. The van der Waals surface area contributed by atoms with Crippen LogP contribution in [0, 0.1) is 0 Å². The average Bonchev–Trinajstić information content (AvgIpc) is 3.29. The van der Waals surface area contributed by atoms with Gasteiger partial charge in [-0.1, -0.05) is 6.07 Å². The van der Waals surface area contributed by atoms with Gasteiger partial charge < -0.3 is 10.6 Å². The SMILES string of the molecule is C[C@H](c1ccc(Nc2cc(Nc3ncccc3S(C)(=O)=O)ncn2)nc1)N1CCCC1. The highest BCUT2D eigenvalue weighted by Crippen LogP contribution is 2.26. The average molecular weight is 440 g/mol. The Morgan fingerprint density at radius 3 is 2.39 bits per heavy atom. The van der Waals surface area contributed by atoms with Gasteiger partial charge in [0.05, 0.1) is 0 Å². The lowest BCUT2D eigenvalue weighted by atomic mass is 10.1. The van der Waals surface area contributed by atoms with Crippen molar-refractivity contribution in [2.45, 2.75) is 30.7 Å². The molecule has 4 heterocycles. The first-order valence-electron chi connectivity index (χ1n) is 10.1. The van der Waals surface area contributed by atoms with E-state index in [1.54, 1.807) is 12.1 Å². The molecule has 1 atom stereocenters. The monoisotopic (exact) mass is 439 g/mol. The summed E-state index contributed by atoms with van der Waals surface area (Å²) in [6.07, 6.45) is 8.45. The lowest BCUT2D eigenvalue weighted by molar-refractivity contribution is 0.263. The summed E-state index contributed by atoms with van der Waals surface area (Å²) in [6, 6.07) is 9.10. The summed E-state index contributed by atoms with van der Waals surface area (Å²) in [5.74, 6) is 1.83. The Bertz CT molecular complexity index is 1150. The summed E-state index contributed by atoms with van der Waals surface area (Å²) in [5.41, 5.74) is 1.18. The van der Waals surface area contributed by atoms with E-state index >= 15 is 0 Å². The highest BCUT2D eigenvalue weighted by molar-refractivity contribution is 7.90. The molecule has 0 amide bonds. The molecule has 3 aromatic rings. The zero-order chi connectivity index (χ0) is 21.8. The van der Waals surface area contributed by atoms with Gasteiger partial charge in [0.2, 0.25) is 0 Å². The van der Waals surface area contributed by atoms with Gasteiger partial charge in [-0.15, -0.1) is 0 Å². The molecule has 162 valence electrons. The van der Waals surface area contributed by atoms with E-state index in [1.807, 2.05) is 12.3 Å². The lowest BCUT2D eigenvalue weighted by Crippen LogP contribution is -2.23. The van der Waals surface area contributed by atoms with Gasteiger partial charge in [-0.25, -0.2) is 28.4 Å². The number of aromatic nitrogens is 4. The molecule has 0 unspecified atom stereocenters. The van der Waals surface area contributed by atoms with Gasteiger partial charge in [0.1, 0.15) is 34.5 Å². The molecule has 0 aliphatic carbocycles. The standard InChI is InChI=1S/C21H25N7O2S/c1-15(28-10-3-4-11-28)16-7-8-18(23-13-16)26-19-12-20(25-14-24-19)27-21-17(31(2,29)30)6-5-9-22-21/h5-9,12-15H,3-4,10-11H2,1-2H3,(H2,22,23,24,25,26,27)/t15-/m1/s1. The second kappa shape index (κ2) is 8.94. The fraction of sp³-hybridized carbons (Fsp3) is 0.333. The van der Waals surface area contributed by atoms with Gasteiger partial charge in [-0.05, 0) is 56.6 Å². The predicted molar refractivity (Wildman–Crippen MR) is 119 cm³/mol. The number of nitrogens with zero attached hydrogens (tertiary/aromatic N) is 5. The number of hydrogen-bond acceptors (Lipinski definition) is 9. The summed E-state index contributed by atoms with van der Waals surface area (Å²) in [6.45, 7) is 4.48. The van der Waals surface area contributed by atoms with E-state index in [0.29, 0.717) is 23.5 Å². The summed E-state index contributed by atoms with van der Waals surface area (Å²) in [7, 11) is -3.43. The number of nitrogens with one attached hydrogen (secondary N) is 2. The third-order valence-electron chi connectivity index (χ3n) is 5.30. The van der Waals surface area contributed by atoms with Crippen molar-refractivity contribution in [3.63, 3.8) is 0 Å². The zero-order valence-corrected chi connectivity index (χ0v) is 18.3. The zero-order valence-electron chi connectivity index (χ0n) is 17.5. The number of sulfone groups is 1. The Kier molecular flexibility index (Phi) is 6.10. The van der Waals surface area contributed by atoms with Crippen LogP contribution in [0.2, 0.25) is 0 Å². The molecule has 0 bridgehead atoms. The van der Waals surface area contributed by atoms with E-state index in [4.69, 9.17) is 0 Å². The van der Waals surface area contributed by atoms with Crippen molar-refractivity contribution in [2.24, 2.45) is 0 Å². The molecule has 0 aromatic carbocycles. The molecule has 1 aliphatic rings. The fourth-order valence-electron chi connectivity index (χ4n) is 3.60. The second-order valence-electron chi connectivity index (χ2n) is 7.56. The normalized spacial score (nSPS) is 15.5. The van der Waals surface area contributed by atoms with Gasteiger partial charge in [-0.3, -0.25) is 4.90 Å². The smallest absolute Gasteiger partial charge is 0.179 e. The van der Waals surface area contributed by atoms with Crippen LogP contribution in [0.5, 0.6) is 0 Å². The third kappa shape index (κ3) is 5.15. The van der Waals surface area contributed by atoms with Crippen molar-refractivity contribution < 1.29 is 8.42 Å². The molecule has 4 rings (SSSR count). The summed E-state index contributed by atoms with van der Waals surface area (Å²) in [5, 5.41) is 6.11. The first-order valence-corrected chi connectivity index (χ1v) is 12.0. The molecule has 1 saturated heterocycles. The van der Waals surface area contributed by atoms with E-state index in [2.05, 4.69) is 48.5 Å². The molecule has 0 radical (unpaired) electrons. The minimum atomic E-state index is -3.43. The molecule has 1 aliphatic heterocycles. The molecule has 9 nitrogen and oxygen atoms in total. The number of rotatable bonds is 7. The molecule has 3 aromatic heterocycles. The van der Waals surface area contributed by atoms with Crippen LogP contribution in [0.1, 0.15) is 31.4 Å². The highest BCUT2D eigenvalue weighted by Gasteiger charge is 2.19. The highest BCUT2D eigenvalue weighted by atomic mass is 32.2. The summed E-state index contributed by atoms with van der Waals surface area (Å²) in [4.78, 5) is 19.6. The van der Waals surface area contributed by atoms with E-state index < -0.39 is 9.84 Å². The van der Waals surface area contributed by atoms with Gasteiger partial charge in [0, 0.05) is 30.8 Å². The maximum absolute atomic E-state index is 12.0. The molecule has 31 heavy (non-hydrogen) atoms. The van der Waals surface area contributed by atoms with E-state index in [9.17, 15) is 8.42 Å². The maximum Gasteiger partial charge on any atom is 0.179 e. The second-order valence-corrected chi connectivity index (χ2v) is 9.54. The van der Waals surface area contributed by atoms with Crippen molar-refractivity contribution in [3.05, 3.63) is 54.6 Å². The minimum Gasteiger partial charge on any atom is -0.325 e. The van der Waals surface area contributed by atoms with Crippen LogP contribution in [-0.4, -0.2) is 52.6 Å². The fourth-order valence-corrected chi connectivity index (χ4v) is 4.38. The molecule has 1 fully saturated rings. The maximum atomic E-state index is 12.0. The Labute approximate surface area is 181 Å². The van der Waals surface area contributed by atoms with Crippen molar-refractivity contribution >= 4 is 33.1 Å². The molecular formula is C21H25N7O2S. The van der Waals surface area contributed by atoms with Crippen LogP contribution < -0.4 is 10.6 Å². The quantitative estimate of drug-likeness (QED) is 0.572. The number of hydrogen-bond donors (Lipinski definition) is 2. The Morgan fingerprint density at radius 1 is 0.968 bits per heavy atom. The molecular weight excluding hydrogens is 414 g/mol. The van der Waals surface area contributed by atoms with Gasteiger partial charge in [-0.2, -0.15) is 0 Å². The van der Waals surface area contributed by atoms with Crippen LogP contribution in [0.3, 0.4) is 0 Å². The summed E-state index contributed by atoms with van der Waals surface area (Å²) >= 11 is 0. The van der Waals surface area contributed by atoms with Crippen LogP contribution >= 0.6 is 0 Å². The number of anilines is 4. The van der Waals surface area contributed by atoms with Gasteiger partial charge in [0.25, 0.3) is 0 Å². The molecule has 0 spiro atoms. The first kappa shape index (κ1) is 21.1.